The Morgan fingerprint density at radius 2 is 1.43 bits per heavy atom. The van der Waals surface area contributed by atoms with Gasteiger partial charge in [0.2, 0.25) is 0 Å². The number of methoxy groups -OCH3 is 2. The molecule has 0 bridgehead atoms. The van der Waals surface area contributed by atoms with Gasteiger partial charge in [0, 0.05) is 0 Å². The van der Waals surface area contributed by atoms with Gasteiger partial charge in [0.25, 0.3) is 0 Å². The molecule has 0 aliphatic heterocycles. The summed E-state index contributed by atoms with van der Waals surface area (Å²) in [6.07, 6.45) is 10.3. The summed E-state index contributed by atoms with van der Waals surface area (Å²) in [5.74, 6) is 1.54. The van der Waals surface area contributed by atoms with Crippen molar-refractivity contribution in [2.24, 2.45) is 0 Å². The van der Waals surface area contributed by atoms with Gasteiger partial charge in [-0.15, -0.1) is 0 Å². The van der Waals surface area contributed by atoms with Gasteiger partial charge in [-0.2, -0.15) is 0 Å². The van der Waals surface area contributed by atoms with Gasteiger partial charge >= 0.3 is 180 Å². The minimum absolute atomic E-state index is 0.769. The van der Waals surface area contributed by atoms with Crippen molar-refractivity contribution in [3.05, 3.63) is 24.4 Å². The van der Waals surface area contributed by atoms with Gasteiger partial charge in [-0.05, 0) is 0 Å². The van der Waals surface area contributed by atoms with Gasteiger partial charge in [0.15, 0.2) is 0 Å². The minimum atomic E-state index is -2.39. The molecule has 0 spiro atoms. The molecule has 0 amide bonds. The van der Waals surface area contributed by atoms with Crippen molar-refractivity contribution in [3.8, 4) is 22.1 Å². The summed E-state index contributed by atoms with van der Waals surface area (Å²) >= 11 is -0.431. The average Bonchev–Trinajstić information content (AvgIpc) is 3.23. The Balaban J connectivity index is 2.38. The van der Waals surface area contributed by atoms with Crippen LogP contribution in [0.1, 0.15) is 59.3 Å². The van der Waals surface area contributed by atoms with Crippen LogP contribution in [0, 0.1) is 0 Å². The first-order chi connectivity index (χ1) is 13.6. The second-order valence-corrected chi connectivity index (χ2v) is 22.9. The molecule has 2 aromatic rings. The van der Waals surface area contributed by atoms with Crippen LogP contribution in [0.15, 0.2) is 24.4 Å². The fourth-order valence-electron chi connectivity index (χ4n) is 3.91. The van der Waals surface area contributed by atoms with Crippen LogP contribution in [-0.2, 0) is 0 Å². The topological polar surface area (TPSA) is 31.4 Å². The number of ether oxygens (including phenoxy) is 2. The molecule has 1 heterocycles. The van der Waals surface area contributed by atoms with Gasteiger partial charge in [0.05, 0.1) is 0 Å². The van der Waals surface area contributed by atoms with Gasteiger partial charge < -0.3 is 0 Å². The molecule has 0 saturated heterocycles. The third-order valence-corrected chi connectivity index (χ3v) is 24.9. The molecule has 0 aliphatic rings. The fraction of sp³-hybridized carbons (Fsp3) is 0.609. The summed E-state index contributed by atoms with van der Waals surface area (Å²) in [4.78, 5) is 4.88. The molecule has 1 aromatic carbocycles. The SMILES string of the molecule is CCC[CH2][Sn]([CH2]CCC)([CH2]CCC)[c]1cnc(-c2ccc(OC)c(OC)c2)s1. The molecule has 1 aromatic heterocycles. The third kappa shape index (κ3) is 5.88. The van der Waals surface area contributed by atoms with E-state index in [1.54, 1.807) is 17.1 Å². The number of nitrogens with zero attached hydrogens (tertiary/aromatic N) is 1. The summed E-state index contributed by atoms with van der Waals surface area (Å²) in [6, 6.07) is 6.14. The third-order valence-electron chi connectivity index (χ3n) is 5.69. The van der Waals surface area contributed by atoms with Gasteiger partial charge in [-0.25, -0.2) is 0 Å². The molecule has 0 unspecified atom stereocenters. The van der Waals surface area contributed by atoms with E-state index in [4.69, 9.17) is 14.5 Å². The molecule has 156 valence electrons. The van der Waals surface area contributed by atoms with Crippen LogP contribution >= 0.6 is 11.3 Å². The van der Waals surface area contributed by atoms with Crippen LogP contribution in [0.25, 0.3) is 10.6 Å². The molecule has 28 heavy (non-hydrogen) atoms. The fourth-order valence-corrected chi connectivity index (χ4v) is 23.6. The quantitative estimate of drug-likeness (QED) is 0.275. The molecule has 0 saturated carbocycles. The number of unbranched alkanes of at least 4 members (excludes halogenated alkanes) is 3. The number of benzene rings is 1. The van der Waals surface area contributed by atoms with Crippen LogP contribution in [-0.4, -0.2) is 37.6 Å². The van der Waals surface area contributed by atoms with E-state index in [1.807, 2.05) is 17.4 Å². The number of thiazole rings is 1. The van der Waals surface area contributed by atoms with Gasteiger partial charge in [-0.1, -0.05) is 0 Å². The predicted molar refractivity (Wildman–Crippen MR) is 125 cm³/mol. The Labute approximate surface area is 179 Å². The summed E-state index contributed by atoms with van der Waals surface area (Å²) in [5, 5.41) is 1.13. The van der Waals surface area contributed by atoms with Crippen LogP contribution < -0.4 is 12.4 Å². The Morgan fingerprint density at radius 1 is 0.857 bits per heavy atom. The van der Waals surface area contributed by atoms with E-state index in [0.717, 1.165) is 22.1 Å². The van der Waals surface area contributed by atoms with E-state index in [9.17, 15) is 0 Å². The second-order valence-electron chi connectivity index (χ2n) is 7.69. The zero-order valence-corrected chi connectivity index (χ0v) is 22.0. The Hall–Kier alpha value is -0.751. The number of hydrogen-bond acceptors (Lipinski definition) is 4. The van der Waals surface area contributed by atoms with Crippen LogP contribution in [0.3, 0.4) is 0 Å². The van der Waals surface area contributed by atoms with E-state index < -0.39 is 18.4 Å². The summed E-state index contributed by atoms with van der Waals surface area (Å²) in [5.41, 5.74) is 1.13. The molecule has 0 fully saturated rings. The molecular weight excluding hydrogens is 473 g/mol. The standard InChI is InChI=1S/C11H10NO2S.3C4H9.Sn/c1-13-9-4-3-8(7-10(9)14-2)11-12-5-6-15-11;3*1-3-4-2;/h3-5,7H,1-2H3;3*1,3-4H2,2H3;. The van der Waals surface area contributed by atoms with Crippen molar-refractivity contribution in [2.45, 2.75) is 72.6 Å². The Bertz CT molecular complexity index is 695. The maximum atomic E-state index is 5.50. The molecule has 2 rings (SSSR count). The molecular formula is C23H37NO2SSn. The van der Waals surface area contributed by atoms with Crippen molar-refractivity contribution >= 4 is 32.6 Å². The summed E-state index contributed by atoms with van der Waals surface area (Å²) < 4.78 is 17.0. The van der Waals surface area contributed by atoms with Gasteiger partial charge in [-0.3, -0.25) is 0 Å². The van der Waals surface area contributed by atoms with Crippen molar-refractivity contribution < 1.29 is 9.47 Å². The molecule has 0 aliphatic carbocycles. The van der Waals surface area contributed by atoms with Crippen LogP contribution in [0.5, 0.6) is 11.5 Å². The molecule has 5 heteroatoms. The van der Waals surface area contributed by atoms with E-state index in [1.165, 1.54) is 51.8 Å². The van der Waals surface area contributed by atoms with E-state index in [0.29, 0.717) is 0 Å². The van der Waals surface area contributed by atoms with E-state index in [2.05, 4.69) is 39.1 Å². The van der Waals surface area contributed by atoms with E-state index >= 15 is 0 Å². The van der Waals surface area contributed by atoms with E-state index in [-0.39, 0.29) is 0 Å². The number of rotatable bonds is 13. The van der Waals surface area contributed by atoms with Crippen molar-refractivity contribution in [2.75, 3.05) is 14.2 Å². The number of aromatic nitrogens is 1. The molecule has 3 nitrogen and oxygen atoms in total. The summed E-state index contributed by atoms with van der Waals surface area (Å²) in [6.45, 7) is 6.99. The zero-order chi connectivity index (χ0) is 20.4. The molecule has 0 radical (unpaired) electrons. The van der Waals surface area contributed by atoms with Crippen molar-refractivity contribution in [1.29, 1.82) is 0 Å². The maximum absolute atomic E-state index is 5.50. The first-order valence-electron chi connectivity index (χ1n) is 10.8. The predicted octanol–water partition coefficient (Wildman–Crippen LogP) is 6.88. The molecule has 0 N–H and O–H groups in total. The Morgan fingerprint density at radius 3 is 1.93 bits per heavy atom. The van der Waals surface area contributed by atoms with Crippen LogP contribution in [0.4, 0.5) is 0 Å². The van der Waals surface area contributed by atoms with Crippen molar-refractivity contribution in [1.82, 2.24) is 4.98 Å². The normalized spacial score (nSPS) is 11.6. The Kier molecular flexibility index (Phi) is 10.1. The first kappa shape index (κ1) is 23.5. The van der Waals surface area contributed by atoms with Gasteiger partial charge in [0.1, 0.15) is 0 Å². The molecule has 0 atom stereocenters. The monoisotopic (exact) mass is 511 g/mol. The first-order valence-corrected chi connectivity index (χ1v) is 19.1. The average molecular weight is 510 g/mol. The zero-order valence-electron chi connectivity index (χ0n) is 18.3. The van der Waals surface area contributed by atoms with Crippen LogP contribution in [0.2, 0.25) is 13.3 Å². The van der Waals surface area contributed by atoms with Crippen molar-refractivity contribution in [3.63, 3.8) is 0 Å². The summed E-state index contributed by atoms with van der Waals surface area (Å²) in [7, 11) is 3.37. The number of hydrogen-bond donors (Lipinski definition) is 0. The second kappa shape index (κ2) is 12.1.